The fourth-order valence-corrected chi connectivity index (χ4v) is 3.29. The topological polar surface area (TPSA) is 106 Å². The van der Waals surface area contributed by atoms with Crippen LogP contribution in [0, 0.1) is 5.82 Å². The number of sulfonamides is 1. The zero-order valence-electron chi connectivity index (χ0n) is 14.7. The standard InChI is InChI=1S/C17H19FN2O5S/c1-17(2,3)11-8-13(15(25-4)19-9-11)20-26(23,24)14-7-10(16(21)22)5-6-12(14)18/h5-9,20H,1-4H3,(H,21,22). The van der Waals surface area contributed by atoms with Crippen LogP contribution in [0.4, 0.5) is 10.1 Å². The number of nitrogens with zero attached hydrogens (tertiary/aromatic N) is 1. The van der Waals surface area contributed by atoms with Gasteiger partial charge in [-0.05, 0) is 35.2 Å². The molecule has 0 spiro atoms. The van der Waals surface area contributed by atoms with Crippen molar-refractivity contribution in [2.24, 2.45) is 0 Å². The predicted octanol–water partition coefficient (Wildman–Crippen LogP) is 3.03. The number of rotatable bonds is 5. The number of anilines is 1. The first kappa shape index (κ1) is 19.6. The minimum absolute atomic E-state index is 0.0105. The Labute approximate surface area is 150 Å². The number of methoxy groups -OCH3 is 1. The number of aromatic nitrogens is 1. The van der Waals surface area contributed by atoms with Crippen LogP contribution in [0.25, 0.3) is 0 Å². The molecule has 0 amide bonds. The Hall–Kier alpha value is -2.68. The van der Waals surface area contributed by atoms with E-state index in [9.17, 15) is 17.6 Å². The number of nitrogens with one attached hydrogen (secondary N) is 1. The van der Waals surface area contributed by atoms with Crippen LogP contribution in [-0.4, -0.2) is 31.6 Å². The van der Waals surface area contributed by atoms with Crippen LogP contribution in [0.3, 0.4) is 0 Å². The summed E-state index contributed by atoms with van der Waals surface area (Å²) >= 11 is 0. The monoisotopic (exact) mass is 382 g/mol. The third-order valence-electron chi connectivity index (χ3n) is 3.62. The lowest BCUT2D eigenvalue weighted by Crippen LogP contribution is -2.18. The van der Waals surface area contributed by atoms with Crippen LogP contribution in [0.5, 0.6) is 5.88 Å². The summed E-state index contributed by atoms with van der Waals surface area (Å²) in [6.45, 7) is 5.76. The van der Waals surface area contributed by atoms with Gasteiger partial charge in [0.15, 0.2) is 0 Å². The molecule has 0 saturated carbocycles. The van der Waals surface area contributed by atoms with E-state index in [0.717, 1.165) is 23.8 Å². The highest BCUT2D eigenvalue weighted by Crippen LogP contribution is 2.31. The maximum Gasteiger partial charge on any atom is 0.335 e. The number of hydrogen-bond donors (Lipinski definition) is 2. The van der Waals surface area contributed by atoms with Crippen LogP contribution in [0.2, 0.25) is 0 Å². The van der Waals surface area contributed by atoms with Crippen molar-refractivity contribution in [1.82, 2.24) is 4.98 Å². The first-order chi connectivity index (χ1) is 12.0. The summed E-state index contributed by atoms with van der Waals surface area (Å²) < 4.78 is 46.5. The van der Waals surface area contributed by atoms with Crippen molar-refractivity contribution in [3.05, 3.63) is 47.4 Å². The number of halogens is 1. The fourth-order valence-electron chi connectivity index (χ4n) is 2.14. The Morgan fingerprint density at radius 1 is 1.27 bits per heavy atom. The van der Waals surface area contributed by atoms with Crippen molar-refractivity contribution in [3.63, 3.8) is 0 Å². The van der Waals surface area contributed by atoms with Gasteiger partial charge in [0.2, 0.25) is 5.88 Å². The lowest BCUT2D eigenvalue weighted by Gasteiger charge is -2.20. The minimum atomic E-state index is -4.40. The molecule has 7 nitrogen and oxygen atoms in total. The van der Waals surface area contributed by atoms with Gasteiger partial charge in [-0.15, -0.1) is 0 Å². The summed E-state index contributed by atoms with van der Waals surface area (Å²) in [4.78, 5) is 14.3. The van der Waals surface area contributed by atoms with E-state index >= 15 is 0 Å². The van der Waals surface area contributed by atoms with Gasteiger partial charge in [0.25, 0.3) is 10.0 Å². The van der Waals surface area contributed by atoms with E-state index in [4.69, 9.17) is 9.84 Å². The average Bonchev–Trinajstić information content (AvgIpc) is 2.53. The van der Waals surface area contributed by atoms with Crippen LogP contribution in [-0.2, 0) is 15.4 Å². The van der Waals surface area contributed by atoms with Crippen molar-refractivity contribution in [1.29, 1.82) is 0 Å². The van der Waals surface area contributed by atoms with Crippen molar-refractivity contribution in [2.45, 2.75) is 31.1 Å². The molecule has 9 heteroatoms. The third kappa shape index (κ3) is 4.10. The lowest BCUT2D eigenvalue weighted by molar-refractivity contribution is 0.0696. The van der Waals surface area contributed by atoms with Gasteiger partial charge in [0.1, 0.15) is 16.4 Å². The summed E-state index contributed by atoms with van der Waals surface area (Å²) in [6, 6.07) is 4.08. The molecule has 2 N–H and O–H groups in total. The summed E-state index contributed by atoms with van der Waals surface area (Å²) in [5.41, 5.74) is 0.102. The zero-order chi connectivity index (χ0) is 19.7. The molecule has 2 aromatic rings. The molecule has 0 unspecified atom stereocenters. The second-order valence-corrected chi connectivity index (χ2v) is 8.24. The number of benzene rings is 1. The molecule has 26 heavy (non-hydrogen) atoms. The maximum atomic E-state index is 14.0. The SMILES string of the molecule is COc1ncc(C(C)(C)C)cc1NS(=O)(=O)c1cc(C(=O)O)ccc1F. The summed E-state index contributed by atoms with van der Waals surface area (Å²) in [5.74, 6) is -2.42. The second kappa shape index (κ2) is 6.91. The average molecular weight is 382 g/mol. The first-order valence-corrected chi connectivity index (χ1v) is 9.04. The Kier molecular flexibility index (Phi) is 5.22. The van der Waals surface area contributed by atoms with Gasteiger partial charge in [-0.2, -0.15) is 0 Å². The van der Waals surface area contributed by atoms with Gasteiger partial charge in [-0.1, -0.05) is 20.8 Å². The molecule has 0 saturated heterocycles. The molecule has 1 aromatic carbocycles. The summed E-state index contributed by atoms with van der Waals surface area (Å²) in [5, 5.41) is 9.00. The number of hydrogen-bond acceptors (Lipinski definition) is 5. The number of carboxylic acids is 1. The van der Waals surface area contributed by atoms with E-state index in [1.807, 2.05) is 20.8 Å². The Morgan fingerprint density at radius 3 is 2.46 bits per heavy atom. The largest absolute Gasteiger partial charge is 0.480 e. The predicted molar refractivity (Wildman–Crippen MR) is 93.7 cm³/mol. The van der Waals surface area contributed by atoms with Gasteiger partial charge >= 0.3 is 5.97 Å². The quantitative estimate of drug-likeness (QED) is 0.823. The van der Waals surface area contributed by atoms with Gasteiger partial charge in [0, 0.05) is 6.20 Å². The number of ether oxygens (including phenoxy) is 1. The Morgan fingerprint density at radius 2 is 1.92 bits per heavy atom. The summed E-state index contributed by atoms with van der Waals surface area (Å²) in [6.07, 6.45) is 1.56. The van der Waals surface area contributed by atoms with E-state index in [1.54, 1.807) is 12.3 Å². The summed E-state index contributed by atoms with van der Waals surface area (Å²) in [7, 11) is -3.08. The van der Waals surface area contributed by atoms with Crippen molar-refractivity contribution < 1.29 is 27.4 Å². The highest BCUT2D eigenvalue weighted by atomic mass is 32.2. The molecule has 0 bridgehead atoms. The molecule has 0 radical (unpaired) electrons. The number of aromatic carboxylic acids is 1. The third-order valence-corrected chi connectivity index (χ3v) is 5.00. The highest BCUT2D eigenvalue weighted by Gasteiger charge is 2.24. The van der Waals surface area contributed by atoms with E-state index < -0.39 is 26.7 Å². The van der Waals surface area contributed by atoms with Crippen LogP contribution in [0.15, 0.2) is 35.4 Å². The molecule has 0 atom stereocenters. The molecule has 0 aliphatic rings. The second-order valence-electron chi connectivity index (χ2n) is 6.59. The highest BCUT2D eigenvalue weighted by molar-refractivity contribution is 7.92. The van der Waals surface area contributed by atoms with Crippen LogP contribution >= 0.6 is 0 Å². The van der Waals surface area contributed by atoms with Crippen LogP contribution in [0.1, 0.15) is 36.7 Å². The molecule has 0 aliphatic carbocycles. The minimum Gasteiger partial charge on any atom is -0.480 e. The van der Waals surface area contributed by atoms with Crippen molar-refractivity contribution in [2.75, 3.05) is 11.8 Å². The number of pyridine rings is 1. The maximum absolute atomic E-state index is 14.0. The lowest BCUT2D eigenvalue weighted by atomic mass is 9.88. The first-order valence-electron chi connectivity index (χ1n) is 7.56. The van der Waals surface area contributed by atoms with E-state index in [1.165, 1.54) is 7.11 Å². The Bertz CT molecular complexity index is 952. The molecular weight excluding hydrogens is 363 g/mol. The van der Waals surface area contributed by atoms with Crippen LogP contribution < -0.4 is 9.46 Å². The molecular formula is C17H19FN2O5S. The zero-order valence-corrected chi connectivity index (χ0v) is 15.5. The molecule has 140 valence electrons. The van der Waals surface area contributed by atoms with Gasteiger partial charge < -0.3 is 9.84 Å². The van der Waals surface area contributed by atoms with E-state index in [-0.39, 0.29) is 22.5 Å². The number of carbonyl (C=O) groups is 1. The molecule has 1 heterocycles. The van der Waals surface area contributed by atoms with Gasteiger partial charge in [0.05, 0.1) is 12.7 Å². The number of carboxylic acid groups (broad SMARTS) is 1. The molecule has 0 fully saturated rings. The molecule has 1 aromatic heterocycles. The molecule has 0 aliphatic heterocycles. The van der Waals surface area contributed by atoms with E-state index in [0.29, 0.717) is 0 Å². The molecule has 2 rings (SSSR count). The van der Waals surface area contributed by atoms with Crippen molar-refractivity contribution >= 4 is 21.7 Å². The normalized spacial score (nSPS) is 11.9. The Balaban J connectivity index is 2.53. The van der Waals surface area contributed by atoms with Gasteiger partial charge in [-0.25, -0.2) is 22.6 Å². The van der Waals surface area contributed by atoms with Crippen molar-refractivity contribution in [3.8, 4) is 5.88 Å². The van der Waals surface area contributed by atoms with E-state index in [2.05, 4.69) is 9.71 Å². The fraction of sp³-hybridized carbons (Fsp3) is 0.294. The van der Waals surface area contributed by atoms with Gasteiger partial charge in [-0.3, -0.25) is 4.72 Å². The smallest absolute Gasteiger partial charge is 0.335 e.